The lowest BCUT2D eigenvalue weighted by Crippen LogP contribution is -2.24. The molecule has 102 valence electrons. The molecule has 0 bridgehead atoms. The van der Waals surface area contributed by atoms with Crippen LogP contribution in [0, 0.1) is 11.6 Å². The van der Waals surface area contributed by atoms with Crippen molar-refractivity contribution < 1.29 is 17.2 Å². The Bertz CT molecular complexity index is 489. The van der Waals surface area contributed by atoms with Gasteiger partial charge in [-0.3, -0.25) is 0 Å². The van der Waals surface area contributed by atoms with E-state index in [1.807, 2.05) is 0 Å². The van der Waals surface area contributed by atoms with Crippen LogP contribution in [0.1, 0.15) is 18.9 Å². The summed E-state index contributed by atoms with van der Waals surface area (Å²) in [6.45, 7) is 2.15. The fourth-order valence-corrected chi connectivity index (χ4v) is 2.82. The van der Waals surface area contributed by atoms with Crippen molar-refractivity contribution >= 4 is 9.84 Å². The Balaban J connectivity index is 2.40. The third-order valence-electron chi connectivity index (χ3n) is 2.43. The fraction of sp³-hybridized carbons (Fsp3) is 0.500. The fourth-order valence-electron chi connectivity index (χ4n) is 1.54. The zero-order chi connectivity index (χ0) is 13.6. The summed E-state index contributed by atoms with van der Waals surface area (Å²) in [5.74, 6) is -0.840. The van der Waals surface area contributed by atoms with E-state index in [9.17, 15) is 17.2 Å². The first kappa shape index (κ1) is 15.0. The molecule has 1 aromatic rings. The van der Waals surface area contributed by atoms with Crippen LogP contribution in [-0.2, 0) is 16.4 Å². The Morgan fingerprint density at radius 2 is 1.94 bits per heavy atom. The van der Waals surface area contributed by atoms with Crippen molar-refractivity contribution in [3.63, 3.8) is 0 Å². The highest BCUT2D eigenvalue weighted by atomic mass is 32.2. The van der Waals surface area contributed by atoms with E-state index in [2.05, 4.69) is 5.32 Å². The minimum Gasteiger partial charge on any atom is -0.312 e. The van der Waals surface area contributed by atoms with Gasteiger partial charge in [-0.15, -0.1) is 0 Å². The maximum atomic E-state index is 13.2. The molecule has 6 heteroatoms. The Labute approximate surface area is 106 Å². The summed E-state index contributed by atoms with van der Waals surface area (Å²) in [6, 6.07) is 3.20. The molecule has 0 fully saturated rings. The lowest BCUT2D eigenvalue weighted by Gasteiger charge is -2.06. The van der Waals surface area contributed by atoms with Crippen LogP contribution in [0.5, 0.6) is 0 Å². The van der Waals surface area contributed by atoms with Crippen molar-refractivity contribution in [2.24, 2.45) is 0 Å². The Morgan fingerprint density at radius 1 is 1.22 bits per heavy atom. The molecule has 1 N–H and O–H groups in total. The van der Waals surface area contributed by atoms with E-state index < -0.39 is 21.5 Å². The number of hydrogen-bond acceptors (Lipinski definition) is 3. The summed E-state index contributed by atoms with van der Waals surface area (Å²) in [6.07, 6.45) is 0.584. The highest BCUT2D eigenvalue weighted by Gasteiger charge is 2.09. The predicted octanol–water partition coefficient (Wildman–Crippen LogP) is 1.88. The van der Waals surface area contributed by atoms with Crippen molar-refractivity contribution in [1.82, 2.24) is 5.32 Å². The van der Waals surface area contributed by atoms with Gasteiger partial charge >= 0.3 is 0 Å². The van der Waals surface area contributed by atoms with Gasteiger partial charge in [0.05, 0.1) is 5.75 Å². The van der Waals surface area contributed by atoms with E-state index in [1.165, 1.54) is 0 Å². The molecule has 0 radical (unpaired) electrons. The molecule has 0 spiro atoms. The predicted molar refractivity (Wildman–Crippen MR) is 67.0 cm³/mol. The van der Waals surface area contributed by atoms with E-state index in [0.29, 0.717) is 6.42 Å². The highest BCUT2D eigenvalue weighted by Crippen LogP contribution is 2.09. The molecule has 0 saturated heterocycles. The van der Waals surface area contributed by atoms with E-state index in [4.69, 9.17) is 0 Å². The summed E-state index contributed by atoms with van der Waals surface area (Å²) in [7, 11) is -3.03. The van der Waals surface area contributed by atoms with Crippen LogP contribution >= 0.6 is 0 Å². The minimum absolute atomic E-state index is 0.0117. The first-order valence-electron chi connectivity index (χ1n) is 5.79. The topological polar surface area (TPSA) is 46.2 Å². The van der Waals surface area contributed by atoms with Crippen molar-refractivity contribution in [1.29, 1.82) is 0 Å². The van der Waals surface area contributed by atoms with Gasteiger partial charge in [0.15, 0.2) is 9.84 Å². The smallest absolute Gasteiger partial charge is 0.151 e. The van der Waals surface area contributed by atoms with Crippen LogP contribution in [0.25, 0.3) is 0 Å². The van der Waals surface area contributed by atoms with Crippen LogP contribution in [-0.4, -0.2) is 26.5 Å². The Morgan fingerprint density at radius 3 is 2.61 bits per heavy atom. The van der Waals surface area contributed by atoms with Crippen molar-refractivity contribution in [3.8, 4) is 0 Å². The summed E-state index contributed by atoms with van der Waals surface area (Å²) < 4.78 is 48.9. The summed E-state index contributed by atoms with van der Waals surface area (Å²) in [5.41, 5.74) is 0.197. The summed E-state index contributed by atoms with van der Waals surface area (Å²) in [5, 5.41) is 2.80. The first-order valence-corrected chi connectivity index (χ1v) is 7.62. The van der Waals surface area contributed by atoms with Gasteiger partial charge in [0.2, 0.25) is 0 Å². The molecule has 0 unspecified atom stereocenters. The molecular weight excluding hydrogens is 260 g/mol. The molecule has 1 rings (SSSR count). The number of rotatable bonds is 7. The SMILES string of the molecule is CCCS(=O)(=O)CCNCc1cc(F)ccc1F. The molecule has 0 heterocycles. The van der Waals surface area contributed by atoms with Gasteiger partial charge in [0.25, 0.3) is 0 Å². The summed E-state index contributed by atoms with van der Waals surface area (Å²) >= 11 is 0. The third kappa shape index (κ3) is 5.10. The van der Waals surface area contributed by atoms with Gasteiger partial charge in [0, 0.05) is 24.4 Å². The van der Waals surface area contributed by atoms with Gasteiger partial charge in [-0.1, -0.05) is 6.92 Å². The molecule has 18 heavy (non-hydrogen) atoms. The van der Waals surface area contributed by atoms with Gasteiger partial charge in [-0.2, -0.15) is 0 Å². The van der Waals surface area contributed by atoms with Crippen LogP contribution < -0.4 is 5.32 Å². The van der Waals surface area contributed by atoms with E-state index in [1.54, 1.807) is 6.92 Å². The zero-order valence-electron chi connectivity index (χ0n) is 10.2. The van der Waals surface area contributed by atoms with Crippen molar-refractivity contribution in [3.05, 3.63) is 35.4 Å². The average molecular weight is 277 g/mol. The van der Waals surface area contributed by atoms with Crippen molar-refractivity contribution in [2.75, 3.05) is 18.1 Å². The average Bonchev–Trinajstić information content (AvgIpc) is 2.29. The van der Waals surface area contributed by atoms with Crippen molar-refractivity contribution in [2.45, 2.75) is 19.9 Å². The maximum Gasteiger partial charge on any atom is 0.151 e. The van der Waals surface area contributed by atoms with Gasteiger partial charge in [-0.05, 0) is 24.6 Å². The van der Waals surface area contributed by atoms with E-state index in [0.717, 1.165) is 18.2 Å². The molecular formula is C12H17F2NO2S. The largest absolute Gasteiger partial charge is 0.312 e. The first-order chi connectivity index (χ1) is 8.44. The molecule has 0 aliphatic heterocycles. The van der Waals surface area contributed by atoms with Gasteiger partial charge < -0.3 is 5.32 Å². The normalized spacial score (nSPS) is 11.7. The van der Waals surface area contributed by atoms with E-state index >= 15 is 0 Å². The second kappa shape index (κ2) is 6.80. The standard InChI is InChI=1S/C12H17F2NO2S/c1-2-6-18(16,17)7-5-15-9-10-8-11(13)3-4-12(10)14/h3-4,8,15H,2,5-7,9H2,1H3. The van der Waals surface area contributed by atoms with Crippen LogP contribution in [0.15, 0.2) is 18.2 Å². The lowest BCUT2D eigenvalue weighted by atomic mass is 10.2. The lowest BCUT2D eigenvalue weighted by molar-refractivity contribution is 0.568. The number of sulfone groups is 1. The molecule has 0 atom stereocenters. The van der Waals surface area contributed by atoms with Gasteiger partial charge in [-0.25, -0.2) is 17.2 Å². The Hall–Kier alpha value is -1.01. The second-order valence-electron chi connectivity index (χ2n) is 4.06. The third-order valence-corrected chi connectivity index (χ3v) is 4.28. The molecule has 0 aliphatic rings. The molecule has 0 aromatic heterocycles. The molecule has 1 aromatic carbocycles. The van der Waals surface area contributed by atoms with E-state index in [-0.39, 0.29) is 30.2 Å². The Kier molecular flexibility index (Phi) is 5.68. The molecule has 0 amide bonds. The minimum atomic E-state index is -3.03. The van der Waals surface area contributed by atoms with Gasteiger partial charge in [0.1, 0.15) is 11.6 Å². The highest BCUT2D eigenvalue weighted by molar-refractivity contribution is 7.91. The quantitative estimate of drug-likeness (QED) is 0.774. The molecule has 3 nitrogen and oxygen atoms in total. The monoisotopic (exact) mass is 277 g/mol. The number of halogens is 2. The maximum absolute atomic E-state index is 13.2. The zero-order valence-corrected chi connectivity index (χ0v) is 11.1. The van der Waals surface area contributed by atoms with Crippen LogP contribution in [0.2, 0.25) is 0 Å². The van der Waals surface area contributed by atoms with Crippen LogP contribution in [0.4, 0.5) is 8.78 Å². The number of benzene rings is 1. The molecule has 0 saturated carbocycles. The second-order valence-corrected chi connectivity index (χ2v) is 6.37. The summed E-state index contributed by atoms with van der Waals surface area (Å²) in [4.78, 5) is 0. The molecule has 0 aliphatic carbocycles. The number of nitrogens with one attached hydrogen (secondary N) is 1. The van der Waals surface area contributed by atoms with Crippen LogP contribution in [0.3, 0.4) is 0 Å². The number of hydrogen-bond donors (Lipinski definition) is 1.